The molecule has 45 heavy (non-hydrogen) atoms. The summed E-state index contributed by atoms with van der Waals surface area (Å²) in [5.41, 5.74) is 12.0. The molecule has 0 spiro atoms. The van der Waals surface area contributed by atoms with Crippen LogP contribution in [0.2, 0.25) is 0 Å². The maximum atomic E-state index is 13.0. The molecule has 1 aliphatic heterocycles. The van der Waals surface area contributed by atoms with Crippen LogP contribution in [-0.4, -0.2) is 48.5 Å². The molecule has 2 N–H and O–H groups in total. The summed E-state index contributed by atoms with van der Waals surface area (Å²) in [5, 5.41) is 9.32. The Morgan fingerprint density at radius 3 is 2.62 bits per heavy atom. The van der Waals surface area contributed by atoms with Gasteiger partial charge in [-0.3, -0.25) is 14.4 Å². The molecule has 0 saturated heterocycles. The molecule has 6 aromatic rings. The number of primary amides is 1. The normalized spacial score (nSPS) is 13.0. The van der Waals surface area contributed by atoms with E-state index in [4.69, 9.17) is 20.3 Å². The van der Waals surface area contributed by atoms with E-state index in [2.05, 4.69) is 27.2 Å². The van der Waals surface area contributed by atoms with Crippen LogP contribution in [0.5, 0.6) is 5.75 Å². The second-order valence-electron chi connectivity index (χ2n) is 10.6. The number of hydrogen-bond donors (Lipinski definition) is 1. The Morgan fingerprint density at radius 2 is 1.84 bits per heavy atom. The van der Waals surface area contributed by atoms with Crippen molar-refractivity contribution in [1.29, 1.82) is 0 Å². The number of aryl methyl sites for hydroxylation is 1. The highest BCUT2D eigenvalue weighted by molar-refractivity contribution is 6.05. The van der Waals surface area contributed by atoms with Gasteiger partial charge in [0, 0.05) is 36.8 Å². The Bertz CT molecular complexity index is 2030. The molecule has 11 heteroatoms. The average molecular weight is 599 g/mol. The minimum atomic E-state index is -0.643. The molecular weight excluding hydrogens is 568 g/mol. The molecule has 0 aliphatic carbocycles. The molecule has 11 nitrogen and oxygen atoms in total. The molecule has 0 atom stereocenters. The third-order valence-corrected chi connectivity index (χ3v) is 7.53. The van der Waals surface area contributed by atoms with E-state index < -0.39 is 5.91 Å². The number of anilines is 3. The molecule has 0 fully saturated rings. The van der Waals surface area contributed by atoms with Crippen molar-refractivity contribution in [3.8, 4) is 17.1 Å². The minimum absolute atomic E-state index is 0.194. The van der Waals surface area contributed by atoms with E-state index in [0.29, 0.717) is 42.9 Å². The number of carbonyl (C=O) groups excluding carboxylic acids is 1. The summed E-state index contributed by atoms with van der Waals surface area (Å²) in [7, 11) is 1.82. The van der Waals surface area contributed by atoms with Crippen LogP contribution in [0.1, 0.15) is 27.9 Å². The van der Waals surface area contributed by atoms with E-state index in [1.807, 2.05) is 78.7 Å². The van der Waals surface area contributed by atoms with Gasteiger partial charge in [0.1, 0.15) is 24.2 Å². The van der Waals surface area contributed by atoms with Crippen LogP contribution in [-0.2, 0) is 18.4 Å². The highest BCUT2D eigenvalue weighted by atomic mass is 16.5. The lowest BCUT2D eigenvalue weighted by molar-refractivity contribution is 0.100. The van der Waals surface area contributed by atoms with Crippen molar-refractivity contribution in [2.75, 3.05) is 18.1 Å². The first-order valence-electron chi connectivity index (χ1n) is 14.5. The van der Waals surface area contributed by atoms with Crippen LogP contribution in [0.4, 0.5) is 17.2 Å². The monoisotopic (exact) mass is 598 g/mol. The van der Waals surface area contributed by atoms with Gasteiger partial charge in [-0.05, 0) is 53.5 Å². The zero-order chi connectivity index (χ0) is 30.8. The predicted octanol–water partition coefficient (Wildman–Crippen LogP) is 5.48. The third kappa shape index (κ3) is 5.76. The van der Waals surface area contributed by atoms with E-state index in [0.717, 1.165) is 40.1 Å². The van der Waals surface area contributed by atoms with Gasteiger partial charge in [-0.2, -0.15) is 5.10 Å². The molecule has 4 heterocycles. The second-order valence-corrected chi connectivity index (χ2v) is 10.6. The van der Waals surface area contributed by atoms with Crippen LogP contribution in [0.15, 0.2) is 104 Å². The Balaban J connectivity index is 1.43. The number of rotatable bonds is 9. The first-order valence-corrected chi connectivity index (χ1v) is 14.5. The van der Waals surface area contributed by atoms with Crippen molar-refractivity contribution in [3.05, 3.63) is 120 Å². The molecular formula is C34H30N8O3. The Hall–Kier alpha value is -5.81. The topological polar surface area (TPSA) is 126 Å². The summed E-state index contributed by atoms with van der Waals surface area (Å²) in [4.78, 5) is 23.8. The zero-order valence-electron chi connectivity index (χ0n) is 24.6. The molecule has 3 aromatic heterocycles. The number of amides is 1. The van der Waals surface area contributed by atoms with Crippen molar-refractivity contribution in [1.82, 2.24) is 29.4 Å². The number of ether oxygens (including phenoxy) is 2. The van der Waals surface area contributed by atoms with Crippen LogP contribution < -0.4 is 15.4 Å². The van der Waals surface area contributed by atoms with Gasteiger partial charge in [-0.25, -0.2) is 14.5 Å². The number of nitrogens with zero attached hydrogens (tertiary/aromatic N) is 7. The lowest BCUT2D eigenvalue weighted by atomic mass is 10.00. The fourth-order valence-electron chi connectivity index (χ4n) is 5.41. The quantitative estimate of drug-likeness (QED) is 0.232. The largest absolute Gasteiger partial charge is 0.489 e. The van der Waals surface area contributed by atoms with E-state index in [9.17, 15) is 4.79 Å². The van der Waals surface area contributed by atoms with Gasteiger partial charge in [0.05, 0.1) is 18.9 Å². The van der Waals surface area contributed by atoms with Gasteiger partial charge in [0.2, 0.25) is 0 Å². The number of benzene rings is 3. The van der Waals surface area contributed by atoms with Crippen molar-refractivity contribution in [2.45, 2.75) is 13.0 Å². The summed E-state index contributed by atoms with van der Waals surface area (Å²) in [5.74, 6) is 0.919. The highest BCUT2D eigenvalue weighted by Gasteiger charge is 2.27. The molecule has 1 aliphatic rings. The van der Waals surface area contributed by atoms with Gasteiger partial charge < -0.3 is 15.2 Å². The number of carbonyl (C=O) groups is 1. The van der Waals surface area contributed by atoms with E-state index in [1.165, 1.54) is 0 Å². The summed E-state index contributed by atoms with van der Waals surface area (Å²) < 4.78 is 15.2. The first-order chi connectivity index (χ1) is 22.0. The van der Waals surface area contributed by atoms with Crippen molar-refractivity contribution >= 4 is 34.3 Å². The maximum Gasteiger partial charge on any atom is 0.256 e. The Labute approximate surface area is 259 Å². The van der Waals surface area contributed by atoms with Crippen molar-refractivity contribution in [2.24, 2.45) is 12.8 Å². The molecule has 1 amide bonds. The number of aromatic nitrogens is 6. The summed E-state index contributed by atoms with van der Waals surface area (Å²) in [6.07, 6.45) is 7.85. The molecule has 224 valence electrons. The second kappa shape index (κ2) is 12.1. The summed E-state index contributed by atoms with van der Waals surface area (Å²) in [6.45, 7) is 1.55. The van der Waals surface area contributed by atoms with Crippen molar-refractivity contribution in [3.63, 3.8) is 0 Å². The highest BCUT2D eigenvalue weighted by Crippen LogP contribution is 2.41. The van der Waals surface area contributed by atoms with E-state index in [1.54, 1.807) is 34.0 Å². The van der Waals surface area contributed by atoms with Gasteiger partial charge in [-0.15, -0.1) is 5.10 Å². The van der Waals surface area contributed by atoms with Gasteiger partial charge in [0.15, 0.2) is 17.3 Å². The van der Waals surface area contributed by atoms with Crippen LogP contribution in [0.3, 0.4) is 0 Å². The zero-order valence-corrected chi connectivity index (χ0v) is 24.6. The fraction of sp³-hybridized carbons (Fsp3) is 0.147. The molecule has 0 saturated carbocycles. The van der Waals surface area contributed by atoms with Gasteiger partial charge in [-0.1, -0.05) is 48.5 Å². The molecule has 0 radical (unpaired) electrons. The standard InChI is InChI=1S/C34H30N8O3/c1-40-22-37-32(38-40)25-9-5-10-27(17-25)42(34-30(31(35)43)33-36-13-6-14-41(33)39-34)28-18-26(24-11-15-44-16-12-24)19-29(20-28)45-21-23-7-3-2-4-8-23/h2-11,13-14,17-20,22H,12,15-16,21H2,1H3,(H2,35,43). The van der Waals surface area contributed by atoms with Crippen molar-refractivity contribution < 1.29 is 14.3 Å². The van der Waals surface area contributed by atoms with Gasteiger partial charge in [0.25, 0.3) is 5.91 Å². The lowest BCUT2D eigenvalue weighted by Gasteiger charge is -2.26. The van der Waals surface area contributed by atoms with E-state index in [-0.39, 0.29) is 5.56 Å². The molecule has 0 unspecified atom stereocenters. The average Bonchev–Trinajstić information content (AvgIpc) is 3.69. The van der Waals surface area contributed by atoms with Gasteiger partial charge >= 0.3 is 0 Å². The summed E-state index contributed by atoms with van der Waals surface area (Å²) in [6, 6.07) is 25.6. The summed E-state index contributed by atoms with van der Waals surface area (Å²) >= 11 is 0. The number of nitrogens with two attached hydrogens (primary N) is 1. The number of hydrogen-bond acceptors (Lipinski definition) is 8. The van der Waals surface area contributed by atoms with Crippen LogP contribution in [0, 0.1) is 0 Å². The lowest BCUT2D eigenvalue weighted by Crippen LogP contribution is -2.18. The fourth-order valence-corrected chi connectivity index (χ4v) is 5.41. The van der Waals surface area contributed by atoms with E-state index >= 15 is 0 Å². The predicted molar refractivity (Wildman–Crippen MR) is 170 cm³/mol. The number of fused-ring (bicyclic) bond motifs is 1. The molecule has 7 rings (SSSR count). The Kier molecular flexibility index (Phi) is 7.50. The first kappa shape index (κ1) is 28.0. The SMILES string of the molecule is Cn1cnc(-c2cccc(N(c3cc(OCc4ccccc4)cc(C4=CCOCC4)c3)c3nn4cccnc4c3C(N)=O)c2)n1. The molecule has 3 aromatic carbocycles. The third-order valence-electron chi connectivity index (χ3n) is 7.53. The van der Waals surface area contributed by atoms with Crippen LogP contribution >= 0.6 is 0 Å². The maximum absolute atomic E-state index is 13.0. The van der Waals surface area contributed by atoms with Crippen LogP contribution in [0.25, 0.3) is 22.6 Å². The minimum Gasteiger partial charge on any atom is -0.489 e. The smallest absolute Gasteiger partial charge is 0.256 e. The Morgan fingerprint density at radius 1 is 0.978 bits per heavy atom. The molecule has 0 bridgehead atoms.